The molecule has 0 atom stereocenters. The van der Waals surface area contributed by atoms with Crippen molar-refractivity contribution < 1.29 is 13.2 Å². The third kappa shape index (κ3) is 2.80. The van der Waals surface area contributed by atoms with Crippen molar-refractivity contribution in [2.45, 2.75) is 25.4 Å². The molecule has 2 aromatic carbocycles. The Morgan fingerprint density at radius 3 is 1.53 bits per heavy atom. The molecule has 100 valence electrons. The van der Waals surface area contributed by atoms with Crippen molar-refractivity contribution in [1.82, 2.24) is 0 Å². The van der Waals surface area contributed by atoms with Gasteiger partial charge in [0.05, 0.1) is 5.56 Å². The molecule has 0 saturated heterocycles. The van der Waals surface area contributed by atoms with Gasteiger partial charge < -0.3 is 0 Å². The topological polar surface area (TPSA) is 0 Å². The monoisotopic (exact) mass is 264 g/mol. The molecule has 0 aliphatic carbocycles. The summed E-state index contributed by atoms with van der Waals surface area (Å²) in [5.41, 5.74) is 1.02. The lowest BCUT2D eigenvalue weighted by Gasteiger charge is -2.26. The summed E-state index contributed by atoms with van der Waals surface area (Å²) in [5, 5.41) is 0. The van der Waals surface area contributed by atoms with E-state index in [9.17, 15) is 13.2 Å². The number of halogens is 3. The Balaban J connectivity index is 2.37. The predicted molar refractivity (Wildman–Crippen MR) is 70.0 cm³/mol. The fraction of sp³-hybridized carbons (Fsp3) is 0.250. The lowest BCUT2D eigenvalue weighted by Crippen LogP contribution is -2.19. The second-order valence-corrected chi connectivity index (χ2v) is 5.07. The largest absolute Gasteiger partial charge is 0.416 e. The summed E-state index contributed by atoms with van der Waals surface area (Å²) in [6.45, 7) is 4.01. The van der Waals surface area contributed by atoms with E-state index in [4.69, 9.17) is 0 Å². The highest BCUT2D eigenvalue weighted by Gasteiger charge is 2.31. The zero-order valence-corrected chi connectivity index (χ0v) is 10.8. The minimum atomic E-state index is -4.28. The van der Waals surface area contributed by atoms with Gasteiger partial charge in [0, 0.05) is 5.41 Å². The molecule has 0 aliphatic heterocycles. The first-order chi connectivity index (χ1) is 8.82. The Kier molecular flexibility index (Phi) is 3.40. The van der Waals surface area contributed by atoms with Crippen LogP contribution in [-0.2, 0) is 11.6 Å². The summed E-state index contributed by atoms with van der Waals surface area (Å²) in [6.07, 6.45) is -4.28. The minimum Gasteiger partial charge on any atom is -0.166 e. The van der Waals surface area contributed by atoms with Gasteiger partial charge in [-0.25, -0.2) is 0 Å². The number of hydrogen-bond acceptors (Lipinski definition) is 0. The van der Waals surface area contributed by atoms with Gasteiger partial charge in [0.25, 0.3) is 0 Å². The summed E-state index contributed by atoms with van der Waals surface area (Å²) in [7, 11) is 0. The fourth-order valence-corrected chi connectivity index (χ4v) is 2.10. The average molecular weight is 264 g/mol. The van der Waals surface area contributed by atoms with E-state index in [0.29, 0.717) is 0 Å². The van der Waals surface area contributed by atoms with E-state index in [1.54, 1.807) is 12.1 Å². The number of alkyl halides is 3. The fourth-order valence-electron chi connectivity index (χ4n) is 2.10. The van der Waals surface area contributed by atoms with E-state index in [1.165, 1.54) is 0 Å². The first kappa shape index (κ1) is 13.7. The minimum absolute atomic E-state index is 0.314. The molecule has 2 rings (SSSR count). The Hall–Kier alpha value is -1.77. The molecular formula is C16H15F3. The van der Waals surface area contributed by atoms with E-state index in [0.717, 1.165) is 23.3 Å². The van der Waals surface area contributed by atoms with E-state index >= 15 is 0 Å². The van der Waals surface area contributed by atoms with Crippen molar-refractivity contribution in [2.75, 3.05) is 0 Å². The van der Waals surface area contributed by atoms with Crippen LogP contribution in [0.25, 0.3) is 0 Å². The Bertz CT molecular complexity index is 536. The standard InChI is InChI=1S/C16H15F3/c1-15(2,12-6-4-3-5-7-12)13-8-10-14(11-9-13)16(17,18)19/h3-11H,1-2H3. The summed E-state index contributed by atoms with van der Waals surface area (Å²) >= 11 is 0. The second-order valence-electron chi connectivity index (χ2n) is 5.07. The van der Waals surface area contributed by atoms with Gasteiger partial charge in [-0.2, -0.15) is 13.2 Å². The first-order valence-electron chi connectivity index (χ1n) is 6.05. The third-order valence-electron chi connectivity index (χ3n) is 3.43. The molecule has 19 heavy (non-hydrogen) atoms. The normalized spacial score (nSPS) is 12.5. The summed E-state index contributed by atoms with van der Waals surface area (Å²) < 4.78 is 37.6. The zero-order valence-electron chi connectivity index (χ0n) is 10.8. The highest BCUT2D eigenvalue weighted by Crippen LogP contribution is 2.34. The van der Waals surface area contributed by atoms with Crippen LogP contribution in [0.2, 0.25) is 0 Å². The van der Waals surface area contributed by atoms with Crippen molar-refractivity contribution >= 4 is 0 Å². The van der Waals surface area contributed by atoms with Crippen molar-refractivity contribution in [3.63, 3.8) is 0 Å². The van der Waals surface area contributed by atoms with Gasteiger partial charge in [-0.15, -0.1) is 0 Å². The number of rotatable bonds is 2. The zero-order chi connectivity index (χ0) is 14.1. The van der Waals surface area contributed by atoms with Crippen molar-refractivity contribution in [3.8, 4) is 0 Å². The van der Waals surface area contributed by atoms with Crippen LogP contribution in [-0.4, -0.2) is 0 Å². The van der Waals surface area contributed by atoms with Crippen molar-refractivity contribution in [2.24, 2.45) is 0 Å². The average Bonchev–Trinajstić information content (AvgIpc) is 2.39. The molecule has 0 N–H and O–H groups in total. The Morgan fingerprint density at radius 1 is 0.632 bits per heavy atom. The van der Waals surface area contributed by atoms with Crippen LogP contribution in [0.5, 0.6) is 0 Å². The summed E-state index contributed by atoms with van der Waals surface area (Å²) in [4.78, 5) is 0. The van der Waals surface area contributed by atoms with Crippen LogP contribution in [0, 0.1) is 0 Å². The molecule has 0 aliphatic rings. The Labute approximate surface area is 110 Å². The van der Waals surface area contributed by atoms with Crippen molar-refractivity contribution in [1.29, 1.82) is 0 Å². The van der Waals surface area contributed by atoms with Crippen molar-refractivity contribution in [3.05, 3.63) is 71.3 Å². The molecule has 2 aromatic rings. The maximum atomic E-state index is 12.5. The van der Waals surface area contributed by atoms with Gasteiger partial charge >= 0.3 is 6.18 Å². The van der Waals surface area contributed by atoms with Crippen LogP contribution in [0.3, 0.4) is 0 Å². The van der Waals surface area contributed by atoms with Crippen LogP contribution < -0.4 is 0 Å². The van der Waals surface area contributed by atoms with Gasteiger partial charge in [0.1, 0.15) is 0 Å². The summed E-state index contributed by atoms with van der Waals surface area (Å²) in [6, 6.07) is 15.1. The quantitative estimate of drug-likeness (QED) is 0.713. The first-order valence-corrected chi connectivity index (χ1v) is 6.05. The molecule has 0 amide bonds. The molecule has 3 heteroatoms. The lowest BCUT2D eigenvalue weighted by atomic mass is 9.78. The van der Waals surface area contributed by atoms with Crippen LogP contribution >= 0.6 is 0 Å². The summed E-state index contributed by atoms with van der Waals surface area (Å²) in [5.74, 6) is 0. The van der Waals surface area contributed by atoms with Crippen LogP contribution in [0.1, 0.15) is 30.5 Å². The predicted octanol–water partition coefficient (Wildman–Crippen LogP) is 5.03. The van der Waals surface area contributed by atoms with Gasteiger partial charge in [-0.1, -0.05) is 56.3 Å². The molecule has 0 radical (unpaired) electrons. The van der Waals surface area contributed by atoms with Crippen LogP contribution in [0.4, 0.5) is 13.2 Å². The van der Waals surface area contributed by atoms with E-state index < -0.39 is 11.7 Å². The number of benzene rings is 2. The van der Waals surface area contributed by atoms with Gasteiger partial charge in [0.2, 0.25) is 0 Å². The second kappa shape index (κ2) is 4.72. The van der Waals surface area contributed by atoms with Crippen LogP contribution in [0.15, 0.2) is 54.6 Å². The molecule has 0 fully saturated rings. The molecule has 0 saturated carbocycles. The van der Waals surface area contributed by atoms with E-state index in [-0.39, 0.29) is 5.41 Å². The lowest BCUT2D eigenvalue weighted by molar-refractivity contribution is -0.137. The Morgan fingerprint density at radius 2 is 1.05 bits per heavy atom. The van der Waals surface area contributed by atoms with Gasteiger partial charge in [0.15, 0.2) is 0 Å². The molecule has 0 heterocycles. The molecule has 0 unspecified atom stereocenters. The third-order valence-corrected chi connectivity index (χ3v) is 3.43. The maximum Gasteiger partial charge on any atom is 0.416 e. The molecule has 0 spiro atoms. The molecule has 0 aromatic heterocycles. The van der Waals surface area contributed by atoms with Gasteiger partial charge in [-0.05, 0) is 23.3 Å². The molecule has 0 bridgehead atoms. The van der Waals surface area contributed by atoms with E-state index in [2.05, 4.69) is 0 Å². The smallest absolute Gasteiger partial charge is 0.166 e. The highest BCUT2D eigenvalue weighted by molar-refractivity contribution is 5.38. The highest BCUT2D eigenvalue weighted by atomic mass is 19.4. The van der Waals surface area contributed by atoms with Gasteiger partial charge in [-0.3, -0.25) is 0 Å². The molecule has 0 nitrogen and oxygen atoms in total. The number of hydrogen-bond donors (Lipinski definition) is 0. The molecular weight excluding hydrogens is 249 g/mol. The van der Waals surface area contributed by atoms with E-state index in [1.807, 2.05) is 44.2 Å². The maximum absolute atomic E-state index is 12.5. The SMILES string of the molecule is CC(C)(c1ccccc1)c1ccc(C(F)(F)F)cc1.